The van der Waals surface area contributed by atoms with Crippen molar-refractivity contribution < 1.29 is 0 Å². The van der Waals surface area contributed by atoms with Crippen molar-refractivity contribution in [1.29, 1.82) is 0 Å². The van der Waals surface area contributed by atoms with Crippen LogP contribution in [0.1, 0.15) is 31.5 Å². The number of nitrogens with zero attached hydrogens (tertiary/aromatic N) is 1. The highest BCUT2D eigenvalue weighted by Crippen LogP contribution is 2.24. The van der Waals surface area contributed by atoms with Crippen LogP contribution in [0.2, 0.25) is 0 Å². The van der Waals surface area contributed by atoms with Gasteiger partial charge in [0.05, 0.1) is 0 Å². The molecule has 2 aromatic rings. The number of hydrogen-bond donors (Lipinski definition) is 1. The van der Waals surface area contributed by atoms with Crippen molar-refractivity contribution in [2.75, 3.05) is 6.54 Å². The molecule has 0 fully saturated rings. The maximum absolute atomic E-state index is 3.55. The first-order valence-electron chi connectivity index (χ1n) is 6.85. The highest BCUT2D eigenvalue weighted by molar-refractivity contribution is 5.85. The van der Waals surface area contributed by atoms with E-state index in [2.05, 4.69) is 62.0 Å². The van der Waals surface area contributed by atoms with E-state index >= 15 is 0 Å². The zero-order valence-corrected chi connectivity index (χ0v) is 12.0. The molecule has 0 atom stereocenters. The first-order valence-corrected chi connectivity index (χ1v) is 6.85. The van der Waals surface area contributed by atoms with Crippen LogP contribution in [0.3, 0.4) is 0 Å². The summed E-state index contributed by atoms with van der Waals surface area (Å²) in [7, 11) is 2.16. The first kappa shape index (κ1) is 13.2. The third kappa shape index (κ3) is 2.59. The van der Waals surface area contributed by atoms with Gasteiger partial charge in [-0.1, -0.05) is 32.0 Å². The summed E-state index contributed by atoms with van der Waals surface area (Å²) in [4.78, 5) is 0. The summed E-state index contributed by atoms with van der Waals surface area (Å²) in [6.07, 6.45) is 1.24. The minimum absolute atomic E-state index is 0.770. The Morgan fingerprint density at radius 3 is 2.61 bits per heavy atom. The Morgan fingerprint density at radius 2 is 1.94 bits per heavy atom. The van der Waals surface area contributed by atoms with Crippen molar-refractivity contribution >= 4 is 10.9 Å². The number of benzene rings is 1. The van der Waals surface area contributed by atoms with Gasteiger partial charge in [-0.25, -0.2) is 0 Å². The summed E-state index contributed by atoms with van der Waals surface area (Å²) < 4.78 is 2.31. The average molecular weight is 244 g/mol. The summed E-state index contributed by atoms with van der Waals surface area (Å²) in [6.45, 7) is 8.82. The third-order valence-corrected chi connectivity index (χ3v) is 3.70. The Labute approximate surface area is 110 Å². The van der Waals surface area contributed by atoms with Crippen LogP contribution >= 0.6 is 0 Å². The number of nitrogens with one attached hydrogen (secondary N) is 1. The summed E-state index contributed by atoms with van der Waals surface area (Å²) >= 11 is 0. The second-order valence-corrected chi connectivity index (χ2v) is 5.51. The molecule has 0 saturated carbocycles. The Morgan fingerprint density at radius 1 is 1.22 bits per heavy atom. The minimum atomic E-state index is 0.770. The molecule has 0 bridgehead atoms. The number of hydrogen-bond acceptors (Lipinski definition) is 1. The number of aryl methyl sites for hydroxylation is 2. The molecule has 2 rings (SSSR count). The van der Waals surface area contributed by atoms with Crippen LogP contribution in [0.4, 0.5) is 0 Å². The van der Waals surface area contributed by atoms with Crippen molar-refractivity contribution in [3.8, 4) is 0 Å². The fraction of sp³-hybridized carbons (Fsp3) is 0.500. The quantitative estimate of drug-likeness (QED) is 0.795. The van der Waals surface area contributed by atoms with Gasteiger partial charge in [-0.2, -0.15) is 0 Å². The van der Waals surface area contributed by atoms with E-state index in [0.29, 0.717) is 0 Å². The molecule has 1 aromatic heterocycles. The molecule has 2 nitrogen and oxygen atoms in total. The van der Waals surface area contributed by atoms with Gasteiger partial charge in [-0.3, -0.25) is 0 Å². The Balaban J connectivity index is 2.13. The summed E-state index contributed by atoms with van der Waals surface area (Å²) in [5, 5.41) is 4.93. The normalized spacial score (nSPS) is 11.6. The van der Waals surface area contributed by atoms with Crippen LogP contribution in [0.25, 0.3) is 10.9 Å². The van der Waals surface area contributed by atoms with Crippen LogP contribution in [0, 0.1) is 12.8 Å². The third-order valence-electron chi connectivity index (χ3n) is 3.70. The molecule has 0 aliphatic heterocycles. The lowest BCUT2D eigenvalue weighted by molar-refractivity contribution is 0.531. The van der Waals surface area contributed by atoms with Crippen molar-refractivity contribution in [2.45, 2.75) is 33.7 Å². The fourth-order valence-electron chi connectivity index (χ4n) is 2.48. The largest absolute Gasteiger partial charge is 0.346 e. The molecule has 1 heterocycles. The van der Waals surface area contributed by atoms with Crippen molar-refractivity contribution in [2.24, 2.45) is 13.0 Å². The summed E-state index contributed by atoms with van der Waals surface area (Å²) in [5.41, 5.74) is 4.14. The maximum Gasteiger partial charge on any atom is 0.0483 e. The Hall–Kier alpha value is -1.28. The zero-order chi connectivity index (χ0) is 13.1. The molecule has 0 radical (unpaired) electrons. The second kappa shape index (κ2) is 5.57. The van der Waals surface area contributed by atoms with E-state index in [1.807, 2.05) is 0 Å². The standard InChI is InChI=1S/C16H24N2/c1-12(2)9-10-17-11-16-13(3)14-7-5-6-8-15(14)18(16)4/h5-8,12,17H,9-11H2,1-4H3. The van der Waals surface area contributed by atoms with Crippen molar-refractivity contribution in [3.05, 3.63) is 35.5 Å². The highest BCUT2D eigenvalue weighted by Gasteiger charge is 2.10. The van der Waals surface area contributed by atoms with Gasteiger partial charge in [-0.15, -0.1) is 0 Å². The lowest BCUT2D eigenvalue weighted by Gasteiger charge is -2.09. The molecule has 0 saturated heterocycles. The van der Waals surface area contributed by atoms with Gasteiger partial charge in [0.25, 0.3) is 0 Å². The van der Waals surface area contributed by atoms with E-state index in [1.165, 1.54) is 28.6 Å². The molecule has 2 heteroatoms. The summed E-state index contributed by atoms with van der Waals surface area (Å²) in [6, 6.07) is 8.63. The van der Waals surface area contributed by atoms with Crippen LogP contribution in [0.5, 0.6) is 0 Å². The molecule has 98 valence electrons. The van der Waals surface area contributed by atoms with E-state index in [0.717, 1.165) is 19.0 Å². The predicted molar refractivity (Wildman–Crippen MR) is 78.8 cm³/mol. The van der Waals surface area contributed by atoms with Gasteiger partial charge in [-0.05, 0) is 37.4 Å². The van der Waals surface area contributed by atoms with E-state index in [1.54, 1.807) is 0 Å². The topological polar surface area (TPSA) is 17.0 Å². The monoisotopic (exact) mass is 244 g/mol. The highest BCUT2D eigenvalue weighted by atomic mass is 15.0. The molecule has 1 N–H and O–H groups in total. The lowest BCUT2D eigenvalue weighted by Crippen LogP contribution is -2.18. The molecule has 1 aromatic carbocycles. The number of fused-ring (bicyclic) bond motifs is 1. The molecule has 0 unspecified atom stereocenters. The molecular formula is C16H24N2. The number of para-hydroxylation sites is 1. The van der Waals surface area contributed by atoms with Gasteiger partial charge in [0, 0.05) is 30.2 Å². The van der Waals surface area contributed by atoms with Crippen LogP contribution in [-0.4, -0.2) is 11.1 Å². The zero-order valence-electron chi connectivity index (χ0n) is 12.0. The van der Waals surface area contributed by atoms with Crippen LogP contribution in [0.15, 0.2) is 24.3 Å². The average Bonchev–Trinajstić information content (AvgIpc) is 2.59. The Bertz CT molecular complexity index is 484. The van der Waals surface area contributed by atoms with Gasteiger partial charge in [0.2, 0.25) is 0 Å². The maximum atomic E-state index is 3.55. The van der Waals surface area contributed by atoms with E-state index in [4.69, 9.17) is 0 Å². The van der Waals surface area contributed by atoms with Gasteiger partial charge in [0.15, 0.2) is 0 Å². The molecule has 18 heavy (non-hydrogen) atoms. The molecular weight excluding hydrogens is 220 g/mol. The van der Waals surface area contributed by atoms with E-state index in [9.17, 15) is 0 Å². The molecule has 0 aliphatic rings. The summed E-state index contributed by atoms with van der Waals surface area (Å²) in [5.74, 6) is 0.770. The van der Waals surface area contributed by atoms with E-state index < -0.39 is 0 Å². The molecule has 0 amide bonds. The minimum Gasteiger partial charge on any atom is -0.346 e. The number of aromatic nitrogens is 1. The van der Waals surface area contributed by atoms with Gasteiger partial charge in [0.1, 0.15) is 0 Å². The van der Waals surface area contributed by atoms with Crippen LogP contribution in [-0.2, 0) is 13.6 Å². The van der Waals surface area contributed by atoms with Gasteiger partial charge >= 0.3 is 0 Å². The molecule has 0 spiro atoms. The second-order valence-electron chi connectivity index (χ2n) is 5.51. The van der Waals surface area contributed by atoms with Gasteiger partial charge < -0.3 is 9.88 Å². The smallest absolute Gasteiger partial charge is 0.0483 e. The van der Waals surface area contributed by atoms with Crippen molar-refractivity contribution in [1.82, 2.24) is 9.88 Å². The Kier molecular flexibility index (Phi) is 4.07. The predicted octanol–water partition coefficient (Wildman–Crippen LogP) is 3.62. The van der Waals surface area contributed by atoms with E-state index in [-0.39, 0.29) is 0 Å². The fourth-order valence-corrected chi connectivity index (χ4v) is 2.48. The van der Waals surface area contributed by atoms with Crippen LogP contribution < -0.4 is 5.32 Å². The number of rotatable bonds is 5. The lowest BCUT2D eigenvalue weighted by atomic mass is 10.1. The first-order chi connectivity index (χ1) is 8.61. The van der Waals surface area contributed by atoms with Crippen molar-refractivity contribution in [3.63, 3.8) is 0 Å². The SMILES string of the molecule is Cc1c(CNCCC(C)C)n(C)c2ccccc12. The molecule has 0 aliphatic carbocycles.